The first kappa shape index (κ1) is 16.9. The van der Waals surface area contributed by atoms with Gasteiger partial charge >= 0.3 is 5.63 Å². The van der Waals surface area contributed by atoms with Gasteiger partial charge in [0.15, 0.2) is 5.56 Å². The van der Waals surface area contributed by atoms with Crippen LogP contribution in [0.25, 0.3) is 22.5 Å². The predicted octanol–water partition coefficient (Wildman–Crippen LogP) is 4.58. The van der Waals surface area contributed by atoms with E-state index >= 15 is 0 Å². The molecule has 0 aliphatic rings. The quantitative estimate of drug-likeness (QED) is 0.645. The molecule has 0 aliphatic carbocycles. The number of hydrogen-bond donors (Lipinski definition) is 0. The van der Waals surface area contributed by atoms with Crippen LogP contribution in [0, 0.1) is 11.3 Å². The molecule has 0 saturated carbocycles. The van der Waals surface area contributed by atoms with Crippen molar-refractivity contribution in [3.63, 3.8) is 0 Å². The van der Waals surface area contributed by atoms with Crippen molar-refractivity contribution in [3.05, 3.63) is 70.6 Å². The highest BCUT2D eigenvalue weighted by Crippen LogP contribution is 2.42. The second-order valence-electron chi connectivity index (χ2n) is 5.18. The monoisotopic (exact) mass is 349 g/mol. The Morgan fingerprint density at radius 1 is 1.08 bits per heavy atom. The molecule has 3 aromatic rings. The number of benzene rings is 2. The van der Waals surface area contributed by atoms with Crippen molar-refractivity contribution in [2.24, 2.45) is 0 Å². The van der Waals surface area contributed by atoms with Gasteiger partial charge in [-0.25, -0.2) is 4.79 Å². The smallest absolute Gasteiger partial charge is 0.355 e. The number of nitrogens with zero attached hydrogens (tertiary/aromatic N) is 1. The van der Waals surface area contributed by atoms with E-state index in [0.29, 0.717) is 22.0 Å². The van der Waals surface area contributed by atoms with Crippen LogP contribution < -0.4 is 10.4 Å². The van der Waals surface area contributed by atoms with Crippen molar-refractivity contribution in [3.8, 4) is 34.3 Å². The zero-order valence-electron chi connectivity index (χ0n) is 13.8. The van der Waals surface area contributed by atoms with Crippen molar-refractivity contribution in [1.82, 2.24) is 0 Å². The van der Waals surface area contributed by atoms with Gasteiger partial charge in [0.2, 0.25) is 0 Å². The van der Waals surface area contributed by atoms with Gasteiger partial charge < -0.3 is 9.15 Å². The van der Waals surface area contributed by atoms with Crippen molar-refractivity contribution >= 4 is 11.8 Å². The molecule has 1 heterocycles. The summed E-state index contributed by atoms with van der Waals surface area (Å²) in [6.45, 7) is 0. The lowest BCUT2D eigenvalue weighted by Crippen LogP contribution is -2.09. The number of ether oxygens (including phenoxy) is 1. The number of nitriles is 1. The van der Waals surface area contributed by atoms with E-state index in [4.69, 9.17) is 9.15 Å². The van der Waals surface area contributed by atoms with Gasteiger partial charge in [0.25, 0.3) is 0 Å². The van der Waals surface area contributed by atoms with Crippen LogP contribution in [0.15, 0.2) is 68.7 Å². The summed E-state index contributed by atoms with van der Waals surface area (Å²) in [5, 5.41) is 9.44. The van der Waals surface area contributed by atoms with Crippen LogP contribution in [0.2, 0.25) is 0 Å². The summed E-state index contributed by atoms with van der Waals surface area (Å²) in [6.07, 6.45) is 1.84. The van der Waals surface area contributed by atoms with E-state index in [1.807, 2.05) is 66.9 Å². The molecule has 124 valence electrons. The summed E-state index contributed by atoms with van der Waals surface area (Å²) in [5.74, 6) is 1.08. The zero-order chi connectivity index (χ0) is 17.8. The number of hydrogen-bond acceptors (Lipinski definition) is 5. The van der Waals surface area contributed by atoms with Gasteiger partial charge in [0.05, 0.1) is 7.11 Å². The molecular weight excluding hydrogens is 334 g/mol. The Balaban J connectivity index is 2.47. The maximum absolute atomic E-state index is 12.3. The molecule has 5 heteroatoms. The van der Waals surface area contributed by atoms with Crippen LogP contribution >= 0.6 is 11.8 Å². The second-order valence-corrected chi connectivity index (χ2v) is 6.00. The molecule has 2 aromatic carbocycles. The molecular formula is C20H15NO3S. The van der Waals surface area contributed by atoms with Gasteiger partial charge in [-0.2, -0.15) is 5.26 Å². The number of para-hydroxylation sites is 1. The fourth-order valence-corrected chi connectivity index (χ4v) is 3.44. The SMILES string of the molecule is COc1ccccc1-c1c(-c2ccccc2)oc(=O)c(C#N)c1SC. The van der Waals surface area contributed by atoms with E-state index in [2.05, 4.69) is 0 Å². The highest BCUT2D eigenvalue weighted by atomic mass is 32.2. The van der Waals surface area contributed by atoms with Crippen LogP contribution in [-0.4, -0.2) is 13.4 Å². The third-order valence-corrected chi connectivity index (χ3v) is 4.62. The van der Waals surface area contributed by atoms with Crippen LogP contribution in [0.1, 0.15) is 5.56 Å². The summed E-state index contributed by atoms with van der Waals surface area (Å²) in [6, 6.07) is 18.8. The number of thioether (sulfide) groups is 1. The van der Waals surface area contributed by atoms with Gasteiger partial charge in [0, 0.05) is 21.6 Å². The number of rotatable bonds is 4. The molecule has 4 nitrogen and oxygen atoms in total. The fraction of sp³-hybridized carbons (Fsp3) is 0.100. The summed E-state index contributed by atoms with van der Waals surface area (Å²) in [7, 11) is 1.59. The Kier molecular flexibility index (Phi) is 4.92. The van der Waals surface area contributed by atoms with Crippen molar-refractivity contribution in [1.29, 1.82) is 5.26 Å². The minimum absolute atomic E-state index is 0.00749. The molecule has 0 amide bonds. The van der Waals surface area contributed by atoms with E-state index in [1.165, 1.54) is 11.8 Å². The molecule has 25 heavy (non-hydrogen) atoms. The Morgan fingerprint density at radius 3 is 2.40 bits per heavy atom. The third kappa shape index (κ3) is 3.04. The first-order valence-electron chi connectivity index (χ1n) is 7.55. The molecule has 1 aromatic heterocycles. The van der Waals surface area contributed by atoms with Gasteiger partial charge in [-0.3, -0.25) is 0 Å². The third-order valence-electron chi connectivity index (χ3n) is 3.81. The van der Waals surface area contributed by atoms with Crippen LogP contribution in [0.4, 0.5) is 0 Å². The van der Waals surface area contributed by atoms with E-state index in [1.54, 1.807) is 7.11 Å². The van der Waals surface area contributed by atoms with Crippen LogP contribution in [0.5, 0.6) is 5.75 Å². The molecule has 0 spiro atoms. The molecule has 3 rings (SSSR count). The molecule has 0 saturated heterocycles. The maximum atomic E-state index is 12.3. The average molecular weight is 349 g/mol. The second kappa shape index (κ2) is 7.29. The van der Waals surface area contributed by atoms with E-state index < -0.39 is 5.63 Å². The fourth-order valence-electron chi connectivity index (χ4n) is 2.70. The van der Waals surface area contributed by atoms with Gasteiger partial charge in [0.1, 0.15) is 17.6 Å². The topological polar surface area (TPSA) is 63.2 Å². The summed E-state index contributed by atoms with van der Waals surface area (Å²) < 4.78 is 11.0. The maximum Gasteiger partial charge on any atom is 0.355 e. The summed E-state index contributed by atoms with van der Waals surface area (Å²) in [5.41, 5.74) is 1.60. The number of methoxy groups -OCH3 is 1. The van der Waals surface area contributed by atoms with Gasteiger partial charge in [-0.1, -0.05) is 48.5 Å². The Morgan fingerprint density at radius 2 is 1.76 bits per heavy atom. The molecule has 0 radical (unpaired) electrons. The van der Waals surface area contributed by atoms with E-state index in [-0.39, 0.29) is 5.56 Å². The molecule has 0 N–H and O–H groups in total. The van der Waals surface area contributed by atoms with Gasteiger partial charge in [-0.05, 0) is 12.3 Å². The normalized spacial score (nSPS) is 10.3. The first-order chi connectivity index (χ1) is 12.2. The Labute approximate surface area is 149 Å². The summed E-state index contributed by atoms with van der Waals surface area (Å²) in [4.78, 5) is 12.9. The lowest BCUT2D eigenvalue weighted by molar-refractivity contribution is 0.416. The lowest BCUT2D eigenvalue weighted by Gasteiger charge is -2.16. The molecule has 0 bridgehead atoms. The molecule has 0 fully saturated rings. The van der Waals surface area contributed by atoms with Crippen LogP contribution in [0.3, 0.4) is 0 Å². The minimum Gasteiger partial charge on any atom is -0.496 e. The largest absolute Gasteiger partial charge is 0.496 e. The van der Waals surface area contributed by atoms with Crippen LogP contribution in [-0.2, 0) is 0 Å². The minimum atomic E-state index is -0.635. The Bertz CT molecular complexity index is 1000. The lowest BCUT2D eigenvalue weighted by atomic mass is 9.98. The molecule has 0 unspecified atom stereocenters. The highest BCUT2D eigenvalue weighted by molar-refractivity contribution is 7.98. The first-order valence-corrected chi connectivity index (χ1v) is 8.77. The summed E-state index contributed by atoms with van der Waals surface area (Å²) >= 11 is 1.35. The molecule has 0 atom stereocenters. The zero-order valence-corrected chi connectivity index (χ0v) is 14.6. The average Bonchev–Trinajstić information content (AvgIpc) is 2.67. The highest BCUT2D eigenvalue weighted by Gasteiger charge is 2.23. The Hall–Kier alpha value is -2.97. The van der Waals surface area contributed by atoms with Gasteiger partial charge in [-0.15, -0.1) is 11.8 Å². The van der Waals surface area contributed by atoms with Crippen molar-refractivity contribution in [2.45, 2.75) is 4.90 Å². The standard InChI is InChI=1S/C20H15NO3S/c1-23-16-11-7-6-10-14(16)17-18(13-8-4-3-5-9-13)24-20(22)15(12-21)19(17)25-2/h3-11H,1-2H3. The predicted molar refractivity (Wildman–Crippen MR) is 98.9 cm³/mol. The van der Waals surface area contributed by atoms with E-state index in [9.17, 15) is 10.1 Å². The molecule has 0 aliphatic heterocycles. The van der Waals surface area contributed by atoms with Crippen molar-refractivity contribution in [2.75, 3.05) is 13.4 Å². The van der Waals surface area contributed by atoms with Crippen molar-refractivity contribution < 1.29 is 9.15 Å². The van der Waals surface area contributed by atoms with E-state index in [0.717, 1.165) is 11.1 Å².